The number of likely N-dealkylation sites (tertiary alicyclic amines) is 2. The van der Waals surface area contributed by atoms with E-state index in [-0.39, 0.29) is 36.4 Å². The molecule has 4 aromatic rings. The first-order chi connectivity index (χ1) is 18.5. The summed E-state index contributed by atoms with van der Waals surface area (Å²) in [7, 11) is 0. The molecular formula is C34H38N2O2. The smallest absolute Gasteiger partial charge is 0.0820 e. The van der Waals surface area contributed by atoms with Gasteiger partial charge in [0.25, 0.3) is 0 Å². The number of aliphatic hydroxyl groups is 2. The van der Waals surface area contributed by atoms with E-state index < -0.39 is 0 Å². The average molecular weight is 507 g/mol. The van der Waals surface area contributed by atoms with Gasteiger partial charge in [0.05, 0.1) is 24.3 Å². The summed E-state index contributed by atoms with van der Waals surface area (Å²) in [6.07, 6.45) is -0.398. The van der Waals surface area contributed by atoms with Crippen LogP contribution in [0.5, 0.6) is 0 Å². The summed E-state index contributed by atoms with van der Waals surface area (Å²) < 4.78 is 0. The predicted octanol–water partition coefficient (Wildman–Crippen LogP) is 5.68. The van der Waals surface area contributed by atoms with E-state index in [9.17, 15) is 10.2 Å². The van der Waals surface area contributed by atoms with Crippen LogP contribution in [-0.4, -0.2) is 57.4 Å². The van der Waals surface area contributed by atoms with Gasteiger partial charge in [0.15, 0.2) is 0 Å². The quantitative estimate of drug-likeness (QED) is 0.353. The Hall–Kier alpha value is -3.28. The summed E-state index contributed by atoms with van der Waals surface area (Å²) in [5.74, 6) is 0. The van der Waals surface area contributed by atoms with Crippen LogP contribution in [0, 0.1) is 0 Å². The lowest BCUT2D eigenvalue weighted by Crippen LogP contribution is -2.59. The van der Waals surface area contributed by atoms with Gasteiger partial charge in [-0.3, -0.25) is 9.80 Å². The summed E-state index contributed by atoms with van der Waals surface area (Å²) in [4.78, 5) is 4.71. The van der Waals surface area contributed by atoms with Gasteiger partial charge in [-0.2, -0.15) is 0 Å². The minimum absolute atomic E-state index is 0.199. The fourth-order valence-corrected chi connectivity index (χ4v) is 5.61. The summed E-state index contributed by atoms with van der Waals surface area (Å²) in [6.45, 7) is 5.67. The number of nitrogens with zero attached hydrogens (tertiary/aromatic N) is 2. The molecule has 2 saturated heterocycles. The van der Waals surface area contributed by atoms with Gasteiger partial charge in [-0.05, 0) is 36.1 Å². The Labute approximate surface area is 226 Å². The largest absolute Gasteiger partial charge is 0.390 e. The number of β-amino-alcohol motifs (C(OH)–C–C–N with tert-alkyl or cyclic N) is 2. The first kappa shape index (κ1) is 26.3. The van der Waals surface area contributed by atoms with Gasteiger partial charge in [0.1, 0.15) is 0 Å². The molecule has 0 aliphatic carbocycles. The molecule has 0 bridgehead atoms. The lowest BCUT2D eigenvalue weighted by Gasteiger charge is -2.48. The minimum Gasteiger partial charge on any atom is -0.390 e. The molecule has 4 heteroatoms. The monoisotopic (exact) mass is 506 g/mol. The van der Waals surface area contributed by atoms with Gasteiger partial charge >= 0.3 is 0 Å². The van der Waals surface area contributed by atoms with E-state index >= 15 is 0 Å². The normalized spacial score (nSPS) is 23.3. The van der Waals surface area contributed by atoms with E-state index in [0.717, 1.165) is 13.1 Å². The van der Waals surface area contributed by atoms with Gasteiger partial charge in [-0.1, -0.05) is 121 Å². The van der Waals surface area contributed by atoms with Crippen LogP contribution < -0.4 is 0 Å². The van der Waals surface area contributed by atoms with Crippen molar-refractivity contribution in [3.8, 4) is 0 Å². The van der Waals surface area contributed by atoms with Crippen LogP contribution in [0.4, 0.5) is 0 Å². The SMILES string of the molecule is C[C@@H]1[C@@H](O)CN1C(c1ccccc1)c1ccccc1.C[C@H]1[C@H](O)CN1C(c1ccccc1)c1ccccc1. The van der Waals surface area contributed by atoms with Crippen LogP contribution in [0.25, 0.3) is 0 Å². The van der Waals surface area contributed by atoms with Crippen LogP contribution in [-0.2, 0) is 0 Å². The van der Waals surface area contributed by atoms with Crippen LogP contribution in [0.2, 0.25) is 0 Å². The second-order valence-electron chi connectivity index (χ2n) is 10.5. The third-order valence-corrected chi connectivity index (χ3v) is 8.08. The Bertz CT molecular complexity index is 1070. The molecule has 2 N–H and O–H groups in total. The van der Waals surface area contributed by atoms with Crippen molar-refractivity contribution in [2.24, 2.45) is 0 Å². The van der Waals surface area contributed by atoms with Crippen molar-refractivity contribution in [2.45, 2.75) is 50.2 Å². The third kappa shape index (κ3) is 5.59. The lowest BCUT2D eigenvalue weighted by atomic mass is 9.90. The fourth-order valence-electron chi connectivity index (χ4n) is 5.61. The summed E-state index contributed by atoms with van der Waals surface area (Å²) in [5.41, 5.74) is 5.14. The molecule has 196 valence electrons. The molecule has 0 saturated carbocycles. The van der Waals surface area contributed by atoms with E-state index in [1.165, 1.54) is 22.3 Å². The molecule has 0 aromatic heterocycles. The van der Waals surface area contributed by atoms with Gasteiger partial charge in [0, 0.05) is 25.2 Å². The molecular weight excluding hydrogens is 468 g/mol. The molecule has 2 aliphatic rings. The van der Waals surface area contributed by atoms with E-state index in [1.807, 2.05) is 24.3 Å². The highest BCUT2D eigenvalue weighted by Crippen LogP contribution is 2.36. The first-order valence-electron chi connectivity index (χ1n) is 13.6. The van der Waals surface area contributed by atoms with E-state index in [2.05, 4.69) is 121 Å². The highest BCUT2D eigenvalue weighted by molar-refractivity contribution is 5.34. The van der Waals surface area contributed by atoms with Crippen LogP contribution in [0.1, 0.15) is 48.2 Å². The molecule has 0 unspecified atom stereocenters. The maximum absolute atomic E-state index is 9.79. The molecule has 4 nitrogen and oxygen atoms in total. The summed E-state index contributed by atoms with van der Waals surface area (Å²) in [5, 5.41) is 19.6. The molecule has 38 heavy (non-hydrogen) atoms. The highest BCUT2D eigenvalue weighted by atomic mass is 16.3. The van der Waals surface area contributed by atoms with Crippen LogP contribution in [0.15, 0.2) is 121 Å². The Morgan fingerprint density at radius 2 is 0.711 bits per heavy atom. The van der Waals surface area contributed by atoms with Crippen molar-refractivity contribution >= 4 is 0 Å². The molecule has 0 radical (unpaired) electrons. The molecule has 6 rings (SSSR count). The molecule has 0 amide bonds. The average Bonchev–Trinajstić information content (AvgIpc) is 2.99. The van der Waals surface area contributed by atoms with Crippen molar-refractivity contribution in [1.29, 1.82) is 0 Å². The third-order valence-electron chi connectivity index (χ3n) is 8.08. The topological polar surface area (TPSA) is 46.9 Å². The Morgan fingerprint density at radius 1 is 0.474 bits per heavy atom. The lowest BCUT2D eigenvalue weighted by molar-refractivity contribution is -0.0693. The fraction of sp³-hybridized carbons (Fsp3) is 0.294. The van der Waals surface area contributed by atoms with Crippen molar-refractivity contribution in [1.82, 2.24) is 9.80 Å². The van der Waals surface area contributed by atoms with Gasteiger partial charge in [-0.25, -0.2) is 0 Å². The standard InChI is InChI=1S/2C17H19NO/c2*1-13-16(19)12-18(13)17(14-8-4-2-5-9-14)15-10-6-3-7-11-15/h2*2-11,13,16-17,19H,12H2,1H3/t2*13-,16+/m10/s1. The number of aliphatic hydroxyl groups excluding tert-OH is 2. The van der Waals surface area contributed by atoms with Crippen molar-refractivity contribution in [3.05, 3.63) is 144 Å². The van der Waals surface area contributed by atoms with Gasteiger partial charge in [-0.15, -0.1) is 0 Å². The zero-order valence-corrected chi connectivity index (χ0v) is 22.2. The Balaban J connectivity index is 0.000000155. The summed E-state index contributed by atoms with van der Waals surface area (Å²) in [6, 6.07) is 43.0. The first-order valence-corrected chi connectivity index (χ1v) is 13.6. The van der Waals surface area contributed by atoms with Crippen LogP contribution >= 0.6 is 0 Å². The second kappa shape index (κ2) is 12.1. The molecule has 2 heterocycles. The molecule has 4 aromatic carbocycles. The zero-order chi connectivity index (χ0) is 26.5. The molecule has 2 fully saturated rings. The number of hydrogen-bond donors (Lipinski definition) is 2. The Kier molecular flexibility index (Phi) is 8.35. The predicted molar refractivity (Wildman–Crippen MR) is 154 cm³/mol. The van der Waals surface area contributed by atoms with Crippen molar-refractivity contribution < 1.29 is 10.2 Å². The maximum Gasteiger partial charge on any atom is 0.0820 e. The summed E-state index contributed by atoms with van der Waals surface area (Å²) >= 11 is 0. The van der Waals surface area contributed by atoms with E-state index in [0.29, 0.717) is 0 Å². The zero-order valence-electron chi connectivity index (χ0n) is 22.2. The van der Waals surface area contributed by atoms with Crippen molar-refractivity contribution in [2.75, 3.05) is 13.1 Å². The Morgan fingerprint density at radius 3 is 0.895 bits per heavy atom. The number of hydrogen-bond acceptors (Lipinski definition) is 4. The van der Waals surface area contributed by atoms with E-state index in [1.54, 1.807) is 0 Å². The van der Waals surface area contributed by atoms with E-state index in [4.69, 9.17) is 0 Å². The number of rotatable bonds is 6. The van der Waals surface area contributed by atoms with Gasteiger partial charge < -0.3 is 10.2 Å². The van der Waals surface area contributed by atoms with Crippen LogP contribution in [0.3, 0.4) is 0 Å². The molecule has 4 atom stereocenters. The second-order valence-corrected chi connectivity index (χ2v) is 10.5. The van der Waals surface area contributed by atoms with Crippen molar-refractivity contribution in [3.63, 3.8) is 0 Å². The molecule has 2 aliphatic heterocycles. The number of benzene rings is 4. The highest BCUT2D eigenvalue weighted by Gasteiger charge is 2.40. The maximum atomic E-state index is 9.79. The van der Waals surface area contributed by atoms with Gasteiger partial charge in [0.2, 0.25) is 0 Å². The molecule has 0 spiro atoms. The minimum atomic E-state index is -0.199.